The molecule has 105 valence electrons. The van der Waals surface area contributed by atoms with Crippen molar-refractivity contribution in [1.82, 2.24) is 0 Å². The van der Waals surface area contributed by atoms with Gasteiger partial charge >= 0.3 is 58.9 Å². The summed E-state index contributed by atoms with van der Waals surface area (Å²) in [7, 11) is -3.67. The largest absolute Gasteiger partial charge is 1.00 e. The zero-order valence-electron chi connectivity index (χ0n) is 10.9. The third-order valence-electron chi connectivity index (χ3n) is 1.67. The monoisotopic (exact) mass is 371 g/mol. The number of hydrogen-bond acceptors (Lipinski definition) is 0. The van der Waals surface area contributed by atoms with Crippen molar-refractivity contribution >= 4 is 23.5 Å². The molecular weight excluding hydrogens is 355 g/mol. The van der Waals surface area contributed by atoms with Gasteiger partial charge in [-0.05, 0) is 19.1 Å². The van der Waals surface area contributed by atoms with Crippen LogP contribution in [0.15, 0.2) is 65.1 Å². The number of aryl methyl sites for hydroxylation is 1. The number of benzene rings is 2. The first-order valence-corrected chi connectivity index (χ1v) is 5.96. The Hall–Kier alpha value is 0.411. The van der Waals surface area contributed by atoms with Crippen LogP contribution < -0.4 is 51.4 Å². The third-order valence-corrected chi connectivity index (χ3v) is 2.20. The normalized spacial score (nSPS) is 7.90. The van der Waals surface area contributed by atoms with Crippen LogP contribution in [0.1, 0.15) is 13.0 Å². The van der Waals surface area contributed by atoms with E-state index in [4.69, 9.17) is 0 Å². The summed E-state index contributed by atoms with van der Waals surface area (Å²) in [5.41, 5.74) is 1.32. The maximum Gasteiger partial charge on any atom is 1.00 e. The van der Waals surface area contributed by atoms with E-state index in [1.807, 2.05) is 48.5 Å². The molecule has 0 atom stereocenters. The minimum Gasteiger partial charge on any atom is -0.471 e. The molecule has 0 nitrogen and oxygen atoms in total. The average molecular weight is 372 g/mol. The summed E-state index contributed by atoms with van der Waals surface area (Å²) in [6.07, 6.45) is 0. The predicted octanol–water partition coefficient (Wildman–Crippen LogP) is 2.96. The number of halogens is 4. The van der Waals surface area contributed by atoms with E-state index in [0.717, 1.165) is 4.47 Å². The quantitative estimate of drug-likeness (QED) is 0.624. The second-order valence-electron chi connectivity index (χ2n) is 3.20. The Kier molecular flexibility index (Phi) is 22.2. The molecule has 0 bridgehead atoms. The van der Waals surface area contributed by atoms with Crippen LogP contribution in [0.5, 0.6) is 0 Å². The first-order chi connectivity index (χ1) is 8.52. The summed E-state index contributed by atoms with van der Waals surface area (Å²) in [6, 6.07) is 20.2. The van der Waals surface area contributed by atoms with Gasteiger partial charge in [-0.15, -0.1) is 0 Å². The smallest absolute Gasteiger partial charge is 0.471 e. The van der Waals surface area contributed by atoms with Crippen LogP contribution in [0.3, 0.4) is 0 Å². The van der Waals surface area contributed by atoms with E-state index < -0.39 is 7.54 Å². The molecule has 2 rings (SSSR count). The molecular formula is C14H17BBrF3K. The van der Waals surface area contributed by atoms with Gasteiger partial charge in [-0.3, -0.25) is 0 Å². The SMILES string of the molecule is Brc1ccccc1.C.Cc1ccccc1.F[B-](F)F.[K+]. The molecule has 0 aliphatic heterocycles. The zero-order chi connectivity index (χ0) is 13.8. The summed E-state index contributed by atoms with van der Waals surface area (Å²) in [5.74, 6) is 0. The van der Waals surface area contributed by atoms with Gasteiger partial charge in [-0.2, -0.15) is 0 Å². The molecule has 0 heterocycles. The van der Waals surface area contributed by atoms with Crippen molar-refractivity contribution in [3.05, 3.63) is 70.7 Å². The molecule has 20 heavy (non-hydrogen) atoms. The molecule has 0 aliphatic rings. The second kappa shape index (κ2) is 17.5. The van der Waals surface area contributed by atoms with E-state index >= 15 is 0 Å². The van der Waals surface area contributed by atoms with Gasteiger partial charge < -0.3 is 12.9 Å². The summed E-state index contributed by atoms with van der Waals surface area (Å²) >= 11 is 3.31. The Balaban J connectivity index is -0.000000215. The Labute approximate surface area is 170 Å². The number of rotatable bonds is 0. The summed E-state index contributed by atoms with van der Waals surface area (Å²) in [5, 5.41) is 0. The van der Waals surface area contributed by atoms with Crippen molar-refractivity contribution in [3.63, 3.8) is 0 Å². The second-order valence-corrected chi connectivity index (χ2v) is 4.11. The number of hydrogen-bond donors (Lipinski definition) is 0. The van der Waals surface area contributed by atoms with Crippen LogP contribution in [0, 0.1) is 6.92 Å². The standard InChI is InChI=1S/C7H8.C6H5Br.CH4.BF3.K/c1-7-5-3-2-4-6-7;7-6-4-2-1-3-5-6;;2-1(3)4;/h2-6H,1H3;1-5H;1H4;;/q;;;-1;+1. The van der Waals surface area contributed by atoms with Gasteiger partial charge in [0.25, 0.3) is 0 Å². The molecule has 0 unspecified atom stereocenters. The molecule has 0 amide bonds. The van der Waals surface area contributed by atoms with E-state index in [1.54, 1.807) is 0 Å². The molecule has 0 spiro atoms. The van der Waals surface area contributed by atoms with Crippen LogP contribution >= 0.6 is 15.9 Å². The molecule has 6 heteroatoms. The van der Waals surface area contributed by atoms with E-state index in [1.165, 1.54) is 5.56 Å². The van der Waals surface area contributed by atoms with Gasteiger partial charge in [-0.1, -0.05) is 77.5 Å². The first kappa shape index (κ1) is 25.4. The van der Waals surface area contributed by atoms with Crippen LogP contribution in [0.4, 0.5) is 12.9 Å². The first-order valence-electron chi connectivity index (χ1n) is 5.17. The van der Waals surface area contributed by atoms with Gasteiger partial charge in [0.15, 0.2) is 0 Å². The predicted molar refractivity (Wildman–Crippen MR) is 81.1 cm³/mol. The summed E-state index contributed by atoms with van der Waals surface area (Å²) in [4.78, 5) is 0. The minimum atomic E-state index is -3.67. The van der Waals surface area contributed by atoms with Gasteiger partial charge in [0, 0.05) is 4.47 Å². The van der Waals surface area contributed by atoms with Crippen molar-refractivity contribution < 1.29 is 64.3 Å². The molecule has 1 radical (unpaired) electrons. The van der Waals surface area contributed by atoms with Crippen molar-refractivity contribution in [3.8, 4) is 0 Å². The Bertz CT molecular complexity index is 361. The van der Waals surface area contributed by atoms with Crippen LogP contribution in [0.25, 0.3) is 0 Å². The van der Waals surface area contributed by atoms with E-state index in [2.05, 4.69) is 35.0 Å². The molecule has 0 N–H and O–H groups in total. The maximum atomic E-state index is 9.67. The fraction of sp³-hybridized carbons (Fsp3) is 0.143. The maximum absolute atomic E-state index is 9.67. The van der Waals surface area contributed by atoms with E-state index in [0.29, 0.717) is 0 Å². The Morgan fingerprint density at radius 3 is 1.25 bits per heavy atom. The van der Waals surface area contributed by atoms with Crippen LogP contribution in [-0.2, 0) is 0 Å². The molecule has 2 aromatic rings. The van der Waals surface area contributed by atoms with Crippen LogP contribution in [0.2, 0.25) is 0 Å². The fourth-order valence-corrected chi connectivity index (χ4v) is 1.25. The van der Waals surface area contributed by atoms with Gasteiger partial charge in [0.1, 0.15) is 0 Å². The van der Waals surface area contributed by atoms with E-state index in [9.17, 15) is 12.9 Å². The molecule has 0 aromatic heterocycles. The molecule has 2 aromatic carbocycles. The topological polar surface area (TPSA) is 0 Å². The molecule has 0 aliphatic carbocycles. The summed E-state index contributed by atoms with van der Waals surface area (Å²) in [6.45, 7) is 2.08. The van der Waals surface area contributed by atoms with Gasteiger partial charge in [-0.25, -0.2) is 0 Å². The van der Waals surface area contributed by atoms with Gasteiger partial charge in [0.05, 0.1) is 0 Å². The third kappa shape index (κ3) is 20.7. The molecule has 0 saturated heterocycles. The molecule has 0 fully saturated rings. The Morgan fingerprint density at radius 2 is 1.10 bits per heavy atom. The van der Waals surface area contributed by atoms with Crippen LogP contribution in [-0.4, -0.2) is 7.54 Å². The van der Waals surface area contributed by atoms with Crippen molar-refractivity contribution in [1.29, 1.82) is 0 Å². The van der Waals surface area contributed by atoms with Gasteiger partial charge in [0.2, 0.25) is 0 Å². The van der Waals surface area contributed by atoms with E-state index in [-0.39, 0.29) is 58.8 Å². The fourth-order valence-electron chi connectivity index (χ4n) is 0.949. The molecule has 0 saturated carbocycles. The van der Waals surface area contributed by atoms with Crippen molar-refractivity contribution in [2.45, 2.75) is 14.4 Å². The minimum absolute atomic E-state index is 0. The van der Waals surface area contributed by atoms with Crippen molar-refractivity contribution in [2.24, 2.45) is 0 Å². The van der Waals surface area contributed by atoms with Crippen molar-refractivity contribution in [2.75, 3.05) is 0 Å². The average Bonchev–Trinajstić information content (AvgIpc) is 2.31. The zero-order valence-corrected chi connectivity index (χ0v) is 15.6. The Morgan fingerprint density at radius 1 is 0.800 bits per heavy atom. The summed E-state index contributed by atoms with van der Waals surface area (Å²) < 4.78 is 30.1.